The quantitative estimate of drug-likeness (QED) is 0.662. The van der Waals surface area contributed by atoms with E-state index < -0.39 is 5.60 Å². The van der Waals surface area contributed by atoms with Crippen LogP contribution in [0, 0.1) is 5.41 Å². The summed E-state index contributed by atoms with van der Waals surface area (Å²) in [7, 11) is 0. The summed E-state index contributed by atoms with van der Waals surface area (Å²) in [6.45, 7) is 7.98. The first-order chi connectivity index (χ1) is 6.04. The van der Waals surface area contributed by atoms with Crippen LogP contribution < -0.4 is 5.32 Å². The second-order valence-electron chi connectivity index (χ2n) is 4.81. The number of aliphatic hydroxyl groups is 1. The van der Waals surface area contributed by atoms with Gasteiger partial charge in [-0.05, 0) is 38.0 Å². The van der Waals surface area contributed by atoms with E-state index in [1.54, 1.807) is 0 Å². The molecular formula is C11H23NO. The third kappa shape index (κ3) is 3.28. The number of hydrogen-bond acceptors (Lipinski definition) is 2. The molecule has 1 saturated carbocycles. The van der Waals surface area contributed by atoms with Crippen molar-refractivity contribution in [1.29, 1.82) is 0 Å². The largest absolute Gasteiger partial charge is 0.389 e. The van der Waals surface area contributed by atoms with Crippen LogP contribution in [0.2, 0.25) is 0 Å². The van der Waals surface area contributed by atoms with Gasteiger partial charge in [-0.3, -0.25) is 0 Å². The van der Waals surface area contributed by atoms with Crippen LogP contribution in [-0.4, -0.2) is 23.8 Å². The molecule has 0 amide bonds. The summed E-state index contributed by atoms with van der Waals surface area (Å²) in [6.07, 6.45) is 4.82. The van der Waals surface area contributed by atoms with Crippen LogP contribution in [0.4, 0.5) is 0 Å². The Morgan fingerprint density at radius 2 is 2.00 bits per heavy atom. The Balaban J connectivity index is 2.14. The second-order valence-corrected chi connectivity index (χ2v) is 4.81. The first-order valence-corrected chi connectivity index (χ1v) is 5.47. The van der Waals surface area contributed by atoms with Crippen molar-refractivity contribution in [2.45, 2.75) is 52.1 Å². The predicted octanol–water partition coefficient (Wildman–Crippen LogP) is 1.93. The Morgan fingerprint density at radius 3 is 2.38 bits per heavy atom. The maximum Gasteiger partial charge on any atom is 0.0740 e. The van der Waals surface area contributed by atoms with E-state index in [4.69, 9.17) is 0 Å². The number of nitrogens with one attached hydrogen (secondary N) is 1. The molecule has 13 heavy (non-hydrogen) atoms. The summed E-state index contributed by atoms with van der Waals surface area (Å²) in [6, 6.07) is 0. The van der Waals surface area contributed by atoms with Gasteiger partial charge in [-0.2, -0.15) is 0 Å². The highest BCUT2D eigenvalue weighted by Gasteiger charge is 2.40. The zero-order valence-electron chi connectivity index (χ0n) is 9.19. The van der Waals surface area contributed by atoms with Crippen LogP contribution in [0.25, 0.3) is 0 Å². The van der Waals surface area contributed by atoms with Gasteiger partial charge in [0.05, 0.1) is 5.60 Å². The summed E-state index contributed by atoms with van der Waals surface area (Å²) in [5.41, 5.74) is 0.0631. The molecule has 0 aromatic carbocycles. The van der Waals surface area contributed by atoms with E-state index in [2.05, 4.69) is 12.2 Å². The summed E-state index contributed by atoms with van der Waals surface area (Å²) in [4.78, 5) is 0. The van der Waals surface area contributed by atoms with Crippen LogP contribution in [0.5, 0.6) is 0 Å². The lowest BCUT2D eigenvalue weighted by Gasteiger charge is -2.23. The molecule has 1 atom stereocenters. The van der Waals surface area contributed by atoms with E-state index in [0.717, 1.165) is 19.5 Å². The maximum atomic E-state index is 9.75. The summed E-state index contributed by atoms with van der Waals surface area (Å²) in [5, 5.41) is 13.1. The monoisotopic (exact) mass is 185 g/mol. The van der Waals surface area contributed by atoms with Crippen LogP contribution in [0.15, 0.2) is 0 Å². The molecule has 0 aromatic rings. The predicted molar refractivity (Wildman–Crippen MR) is 55.7 cm³/mol. The molecule has 78 valence electrons. The zero-order valence-corrected chi connectivity index (χ0v) is 9.19. The van der Waals surface area contributed by atoms with Crippen molar-refractivity contribution >= 4 is 0 Å². The van der Waals surface area contributed by atoms with E-state index >= 15 is 0 Å². The highest BCUT2D eigenvalue weighted by atomic mass is 16.3. The Labute approximate surface area is 81.7 Å². The van der Waals surface area contributed by atoms with Crippen LogP contribution in [0.1, 0.15) is 46.5 Å². The van der Waals surface area contributed by atoms with Gasteiger partial charge in [0.2, 0.25) is 0 Å². The molecule has 1 aliphatic carbocycles. The Bertz CT molecular complexity index is 155. The molecule has 0 aliphatic heterocycles. The molecule has 0 spiro atoms. The molecule has 1 rings (SSSR count). The lowest BCUT2D eigenvalue weighted by Crippen LogP contribution is -2.39. The van der Waals surface area contributed by atoms with E-state index in [1.165, 1.54) is 19.3 Å². The minimum Gasteiger partial charge on any atom is -0.389 e. The van der Waals surface area contributed by atoms with Gasteiger partial charge < -0.3 is 10.4 Å². The minimum atomic E-state index is -0.524. The van der Waals surface area contributed by atoms with Gasteiger partial charge in [0.15, 0.2) is 0 Å². The molecule has 1 unspecified atom stereocenters. The molecule has 2 nitrogen and oxygen atoms in total. The molecule has 0 aromatic heterocycles. The van der Waals surface area contributed by atoms with E-state index in [-0.39, 0.29) is 0 Å². The van der Waals surface area contributed by atoms with E-state index in [9.17, 15) is 5.11 Å². The number of rotatable bonds is 6. The topological polar surface area (TPSA) is 32.3 Å². The molecule has 0 bridgehead atoms. The average molecular weight is 185 g/mol. The third-order valence-electron chi connectivity index (χ3n) is 3.47. The molecule has 0 saturated heterocycles. The fourth-order valence-corrected chi connectivity index (χ4v) is 1.55. The van der Waals surface area contributed by atoms with E-state index in [0.29, 0.717) is 5.41 Å². The second kappa shape index (κ2) is 3.97. The van der Waals surface area contributed by atoms with Crippen molar-refractivity contribution in [3.63, 3.8) is 0 Å². The SMILES string of the molecule is CCC(C)(O)CNCC1(CC)CC1. The van der Waals surface area contributed by atoms with Gasteiger partial charge in [0.1, 0.15) is 0 Å². The minimum absolute atomic E-state index is 0.524. The van der Waals surface area contributed by atoms with Crippen molar-refractivity contribution in [1.82, 2.24) is 5.32 Å². The van der Waals surface area contributed by atoms with Crippen molar-refractivity contribution in [3.8, 4) is 0 Å². The third-order valence-corrected chi connectivity index (χ3v) is 3.47. The zero-order chi connectivity index (χ0) is 9.95. The molecule has 0 radical (unpaired) electrons. The van der Waals surface area contributed by atoms with Gasteiger partial charge in [-0.15, -0.1) is 0 Å². The Morgan fingerprint density at radius 1 is 1.38 bits per heavy atom. The lowest BCUT2D eigenvalue weighted by atomic mass is 10.0. The van der Waals surface area contributed by atoms with E-state index in [1.807, 2.05) is 13.8 Å². The highest BCUT2D eigenvalue weighted by Crippen LogP contribution is 2.47. The Hall–Kier alpha value is -0.0800. The fourth-order valence-electron chi connectivity index (χ4n) is 1.55. The summed E-state index contributed by atoms with van der Waals surface area (Å²) in [5.74, 6) is 0. The normalized spacial score (nSPS) is 24.0. The molecule has 1 aliphatic rings. The van der Waals surface area contributed by atoms with Crippen molar-refractivity contribution in [3.05, 3.63) is 0 Å². The maximum absolute atomic E-state index is 9.75. The summed E-state index contributed by atoms with van der Waals surface area (Å²) < 4.78 is 0. The molecule has 1 fully saturated rings. The van der Waals surface area contributed by atoms with Crippen LogP contribution in [-0.2, 0) is 0 Å². The van der Waals surface area contributed by atoms with Crippen molar-refractivity contribution in [2.24, 2.45) is 5.41 Å². The molecular weight excluding hydrogens is 162 g/mol. The highest BCUT2D eigenvalue weighted by molar-refractivity contribution is 4.94. The van der Waals surface area contributed by atoms with Gasteiger partial charge in [-0.1, -0.05) is 13.8 Å². The standard InChI is InChI=1S/C11H23NO/c1-4-10(3,13)8-12-9-11(5-2)6-7-11/h12-13H,4-9H2,1-3H3. The first kappa shape index (κ1) is 11.0. The number of hydrogen-bond donors (Lipinski definition) is 2. The van der Waals surface area contributed by atoms with Gasteiger partial charge in [0.25, 0.3) is 0 Å². The Kier molecular flexibility index (Phi) is 3.36. The van der Waals surface area contributed by atoms with Crippen LogP contribution in [0.3, 0.4) is 0 Å². The molecule has 2 heteroatoms. The van der Waals surface area contributed by atoms with Crippen molar-refractivity contribution in [2.75, 3.05) is 13.1 Å². The average Bonchev–Trinajstić information content (AvgIpc) is 2.85. The van der Waals surface area contributed by atoms with Gasteiger partial charge >= 0.3 is 0 Å². The molecule has 0 heterocycles. The first-order valence-electron chi connectivity index (χ1n) is 5.47. The van der Waals surface area contributed by atoms with Crippen molar-refractivity contribution < 1.29 is 5.11 Å². The summed E-state index contributed by atoms with van der Waals surface area (Å²) >= 11 is 0. The smallest absolute Gasteiger partial charge is 0.0740 e. The molecule has 2 N–H and O–H groups in total. The lowest BCUT2D eigenvalue weighted by molar-refractivity contribution is 0.0545. The van der Waals surface area contributed by atoms with Gasteiger partial charge in [-0.25, -0.2) is 0 Å². The van der Waals surface area contributed by atoms with Crippen LogP contribution >= 0.6 is 0 Å². The fraction of sp³-hybridized carbons (Fsp3) is 1.00. The van der Waals surface area contributed by atoms with Gasteiger partial charge in [0, 0.05) is 13.1 Å².